The van der Waals surface area contributed by atoms with Crippen molar-refractivity contribution in [3.05, 3.63) is 42.0 Å². The van der Waals surface area contributed by atoms with Gasteiger partial charge in [-0.1, -0.05) is 24.3 Å². The van der Waals surface area contributed by atoms with E-state index in [0.717, 1.165) is 25.1 Å². The molecule has 1 aromatic carbocycles. The summed E-state index contributed by atoms with van der Waals surface area (Å²) >= 11 is 0. The normalized spacial score (nSPS) is 25.5. The Hall–Kier alpha value is -1.77. The van der Waals surface area contributed by atoms with Crippen molar-refractivity contribution in [3.63, 3.8) is 0 Å². The standard InChI is InChI=1S/C16H19NO2/c1-19-14-8-6-12(7-9-14)11-17-15-5-3-2-4-13(15)10-16(17)18/h2,4,6-9,13,15H,3,5,10-11H2,1H3/t13-,15-/m0/s1. The van der Waals surface area contributed by atoms with Crippen LogP contribution in [0, 0.1) is 5.92 Å². The predicted octanol–water partition coefficient (Wildman–Crippen LogP) is 2.76. The number of methoxy groups -OCH3 is 1. The Kier molecular flexibility index (Phi) is 3.28. The van der Waals surface area contributed by atoms with Crippen molar-refractivity contribution in [2.75, 3.05) is 7.11 Å². The molecule has 0 aromatic heterocycles. The van der Waals surface area contributed by atoms with Crippen molar-refractivity contribution in [1.29, 1.82) is 0 Å². The van der Waals surface area contributed by atoms with Crippen LogP contribution in [0.1, 0.15) is 24.8 Å². The maximum absolute atomic E-state index is 12.1. The van der Waals surface area contributed by atoms with Crippen LogP contribution >= 0.6 is 0 Å². The van der Waals surface area contributed by atoms with Crippen molar-refractivity contribution in [2.24, 2.45) is 5.92 Å². The predicted molar refractivity (Wildman–Crippen MR) is 73.8 cm³/mol. The highest BCUT2D eigenvalue weighted by atomic mass is 16.5. The summed E-state index contributed by atoms with van der Waals surface area (Å²) in [7, 11) is 1.66. The molecule has 100 valence electrons. The van der Waals surface area contributed by atoms with Crippen LogP contribution in [0.2, 0.25) is 0 Å². The molecular weight excluding hydrogens is 238 g/mol. The molecule has 2 atom stereocenters. The number of ether oxygens (including phenoxy) is 1. The first kappa shape index (κ1) is 12.3. The molecule has 3 rings (SSSR count). The van der Waals surface area contributed by atoms with E-state index in [4.69, 9.17) is 4.74 Å². The summed E-state index contributed by atoms with van der Waals surface area (Å²) in [6, 6.07) is 8.39. The fourth-order valence-corrected chi connectivity index (χ4v) is 3.11. The number of hydrogen-bond donors (Lipinski definition) is 0. The molecule has 0 N–H and O–H groups in total. The lowest BCUT2D eigenvalue weighted by Crippen LogP contribution is -2.35. The zero-order valence-corrected chi connectivity index (χ0v) is 11.2. The minimum Gasteiger partial charge on any atom is -0.497 e. The highest BCUT2D eigenvalue weighted by molar-refractivity contribution is 5.79. The molecule has 0 bridgehead atoms. The highest BCUT2D eigenvalue weighted by Crippen LogP contribution is 2.34. The molecule has 1 aromatic rings. The van der Waals surface area contributed by atoms with E-state index < -0.39 is 0 Å². The van der Waals surface area contributed by atoms with Crippen molar-refractivity contribution in [3.8, 4) is 5.75 Å². The van der Waals surface area contributed by atoms with Gasteiger partial charge >= 0.3 is 0 Å². The molecule has 1 aliphatic heterocycles. The summed E-state index contributed by atoms with van der Waals surface area (Å²) in [5.41, 5.74) is 1.17. The average Bonchev–Trinajstić information content (AvgIpc) is 2.76. The summed E-state index contributed by atoms with van der Waals surface area (Å²) in [5, 5.41) is 0. The first-order valence-electron chi connectivity index (χ1n) is 6.87. The zero-order chi connectivity index (χ0) is 13.2. The minimum absolute atomic E-state index is 0.289. The molecule has 3 nitrogen and oxygen atoms in total. The van der Waals surface area contributed by atoms with Crippen LogP contribution in [0.15, 0.2) is 36.4 Å². The van der Waals surface area contributed by atoms with Gasteiger partial charge in [-0.3, -0.25) is 4.79 Å². The van der Waals surface area contributed by atoms with Gasteiger partial charge in [0, 0.05) is 24.9 Å². The van der Waals surface area contributed by atoms with Crippen LogP contribution < -0.4 is 4.74 Å². The number of benzene rings is 1. The van der Waals surface area contributed by atoms with Gasteiger partial charge < -0.3 is 9.64 Å². The SMILES string of the molecule is COc1ccc(CN2C(=O)C[C@@H]3C=CCC[C@@H]32)cc1. The summed E-state index contributed by atoms with van der Waals surface area (Å²) in [4.78, 5) is 14.2. The van der Waals surface area contributed by atoms with Gasteiger partial charge in [0.2, 0.25) is 5.91 Å². The van der Waals surface area contributed by atoms with Gasteiger partial charge in [0.25, 0.3) is 0 Å². The van der Waals surface area contributed by atoms with Crippen LogP contribution in [0.4, 0.5) is 0 Å². The lowest BCUT2D eigenvalue weighted by Gasteiger charge is -2.29. The summed E-state index contributed by atoms with van der Waals surface area (Å²) in [6.07, 6.45) is 7.30. The van der Waals surface area contributed by atoms with E-state index in [-0.39, 0.29) is 5.91 Å². The van der Waals surface area contributed by atoms with Crippen LogP contribution in [0.3, 0.4) is 0 Å². The van der Waals surface area contributed by atoms with Gasteiger partial charge in [-0.05, 0) is 30.5 Å². The Morgan fingerprint density at radius 1 is 1.32 bits per heavy atom. The summed E-state index contributed by atoms with van der Waals surface area (Å²) in [6.45, 7) is 0.720. The van der Waals surface area contributed by atoms with Crippen molar-refractivity contribution >= 4 is 5.91 Å². The van der Waals surface area contributed by atoms with Gasteiger partial charge in [0.05, 0.1) is 7.11 Å². The van der Waals surface area contributed by atoms with Gasteiger partial charge in [-0.2, -0.15) is 0 Å². The molecule has 0 unspecified atom stereocenters. The first-order chi connectivity index (χ1) is 9.28. The molecule has 1 aliphatic carbocycles. The molecule has 2 aliphatic rings. The largest absolute Gasteiger partial charge is 0.497 e. The zero-order valence-electron chi connectivity index (χ0n) is 11.2. The van der Waals surface area contributed by atoms with Gasteiger partial charge in [-0.15, -0.1) is 0 Å². The third kappa shape index (κ3) is 2.37. The van der Waals surface area contributed by atoms with Crippen molar-refractivity contribution in [2.45, 2.75) is 31.8 Å². The van der Waals surface area contributed by atoms with E-state index >= 15 is 0 Å². The topological polar surface area (TPSA) is 29.5 Å². The van der Waals surface area contributed by atoms with E-state index in [1.165, 1.54) is 5.56 Å². The summed E-state index contributed by atoms with van der Waals surface area (Å²) in [5.74, 6) is 1.58. The summed E-state index contributed by atoms with van der Waals surface area (Å²) < 4.78 is 5.16. The van der Waals surface area contributed by atoms with Gasteiger partial charge in [-0.25, -0.2) is 0 Å². The second kappa shape index (κ2) is 5.08. The maximum atomic E-state index is 12.1. The third-order valence-corrected chi connectivity index (χ3v) is 4.15. The second-order valence-electron chi connectivity index (χ2n) is 5.31. The Labute approximate surface area is 113 Å². The monoisotopic (exact) mass is 257 g/mol. The van der Waals surface area contributed by atoms with E-state index in [2.05, 4.69) is 17.1 Å². The number of hydrogen-bond acceptors (Lipinski definition) is 2. The number of carbonyl (C=O) groups excluding carboxylic acids is 1. The molecule has 1 amide bonds. The van der Waals surface area contributed by atoms with Gasteiger partial charge in [0.1, 0.15) is 5.75 Å². The molecule has 0 spiro atoms. The molecule has 1 heterocycles. The Bertz CT molecular complexity index is 492. The molecule has 3 heteroatoms. The van der Waals surface area contributed by atoms with Crippen LogP contribution in [-0.4, -0.2) is 24.0 Å². The van der Waals surface area contributed by atoms with Crippen LogP contribution in [-0.2, 0) is 11.3 Å². The fourth-order valence-electron chi connectivity index (χ4n) is 3.11. The molecule has 19 heavy (non-hydrogen) atoms. The molecule has 1 fully saturated rings. The van der Waals surface area contributed by atoms with E-state index in [1.807, 2.05) is 24.3 Å². The third-order valence-electron chi connectivity index (χ3n) is 4.15. The van der Waals surface area contributed by atoms with Crippen molar-refractivity contribution in [1.82, 2.24) is 4.90 Å². The number of amides is 1. The Morgan fingerprint density at radius 3 is 2.84 bits per heavy atom. The van der Waals surface area contributed by atoms with Crippen molar-refractivity contribution < 1.29 is 9.53 Å². The first-order valence-corrected chi connectivity index (χ1v) is 6.87. The Balaban J connectivity index is 1.74. The number of nitrogens with zero attached hydrogens (tertiary/aromatic N) is 1. The number of allylic oxidation sites excluding steroid dienone is 1. The number of likely N-dealkylation sites (tertiary alicyclic amines) is 1. The smallest absolute Gasteiger partial charge is 0.223 e. The van der Waals surface area contributed by atoms with E-state index in [0.29, 0.717) is 18.4 Å². The maximum Gasteiger partial charge on any atom is 0.223 e. The molecule has 0 radical (unpaired) electrons. The Morgan fingerprint density at radius 2 is 2.11 bits per heavy atom. The van der Waals surface area contributed by atoms with Crippen LogP contribution in [0.5, 0.6) is 5.75 Å². The lowest BCUT2D eigenvalue weighted by molar-refractivity contribution is -0.129. The number of carbonyl (C=O) groups is 1. The number of rotatable bonds is 3. The van der Waals surface area contributed by atoms with Crippen LogP contribution in [0.25, 0.3) is 0 Å². The average molecular weight is 257 g/mol. The fraction of sp³-hybridized carbons (Fsp3) is 0.438. The van der Waals surface area contributed by atoms with E-state index in [1.54, 1.807) is 7.11 Å². The minimum atomic E-state index is 0.289. The molecule has 1 saturated heterocycles. The second-order valence-corrected chi connectivity index (χ2v) is 5.31. The van der Waals surface area contributed by atoms with Gasteiger partial charge in [0.15, 0.2) is 0 Å². The molecular formula is C16H19NO2. The lowest BCUT2D eigenvalue weighted by atomic mass is 9.91. The quantitative estimate of drug-likeness (QED) is 0.779. The number of fused-ring (bicyclic) bond motifs is 1. The highest BCUT2D eigenvalue weighted by Gasteiger charge is 2.38. The van der Waals surface area contributed by atoms with E-state index in [9.17, 15) is 4.79 Å². The molecule has 0 saturated carbocycles.